The number of benzene rings is 1. The van der Waals surface area contributed by atoms with Crippen molar-refractivity contribution in [2.45, 2.75) is 130 Å². The lowest BCUT2D eigenvalue weighted by molar-refractivity contribution is 0.0951. The third-order valence-corrected chi connectivity index (χ3v) is 8.42. The molecular weight excluding hydrogens is 509 g/mol. The zero-order chi connectivity index (χ0) is 23.6. The molecule has 1 amide bonds. The topological polar surface area (TPSA) is 46.2 Å². The second kappa shape index (κ2) is 18.6. The van der Waals surface area contributed by atoms with E-state index in [-0.39, 0.29) is 5.91 Å². The minimum Gasteiger partial charge on any atom is -0.352 e. The van der Waals surface area contributed by atoms with Crippen LogP contribution in [-0.2, 0) is 3.07 Å². The van der Waals surface area contributed by atoms with Crippen LogP contribution in [0.1, 0.15) is 137 Å². The highest BCUT2D eigenvalue weighted by molar-refractivity contribution is 14.1. The van der Waals surface area contributed by atoms with E-state index in [4.69, 9.17) is 0 Å². The maximum absolute atomic E-state index is 12.7. The molecule has 0 aromatic heterocycles. The fourth-order valence-electron chi connectivity index (χ4n) is 4.39. The summed E-state index contributed by atoms with van der Waals surface area (Å²) in [6.45, 7) is 8.91. The molecule has 0 fully saturated rings. The molecule has 0 unspecified atom stereocenters. The summed E-state index contributed by atoms with van der Waals surface area (Å²) in [4.78, 5) is 12.7. The Balaban J connectivity index is 2.02. The largest absolute Gasteiger partial charge is 0.352 e. The zero-order valence-corrected chi connectivity index (χ0v) is 23.5. The Morgan fingerprint density at radius 2 is 1.16 bits per heavy atom. The maximum atomic E-state index is 12.7. The molecule has 1 aromatic carbocycles. The molecule has 0 atom stereocenters. The van der Waals surface area contributed by atoms with E-state index in [1.165, 1.54) is 96.3 Å². The molecule has 4 heteroatoms. The van der Waals surface area contributed by atoms with Gasteiger partial charge in [0.25, 0.3) is 5.91 Å². The number of unbranched alkanes of at least 4 members (excludes halogenated alkanes) is 15. The third kappa shape index (κ3) is 11.9. The molecule has 1 aromatic rings. The molecule has 3 nitrogen and oxygen atoms in total. The smallest absolute Gasteiger partial charge is 0.252 e. The summed E-state index contributed by atoms with van der Waals surface area (Å²) in [5.74, 6) is -0.0548. The van der Waals surface area contributed by atoms with Crippen molar-refractivity contribution in [2.75, 3.05) is 6.54 Å². The predicted molar refractivity (Wildman–Crippen MR) is 146 cm³/mol. The van der Waals surface area contributed by atoms with Crippen LogP contribution in [0.25, 0.3) is 0 Å². The van der Waals surface area contributed by atoms with Crippen molar-refractivity contribution in [2.24, 2.45) is 0 Å². The molecule has 1 rings (SSSR count). The molecular formula is C28H48INO2. The highest BCUT2D eigenvalue weighted by Gasteiger charge is 2.18. The lowest BCUT2D eigenvalue weighted by Crippen LogP contribution is -2.26. The van der Waals surface area contributed by atoms with E-state index in [1.807, 2.05) is 26.8 Å². The number of halogens is 1. The molecule has 0 spiro atoms. The van der Waals surface area contributed by atoms with Crippen molar-refractivity contribution >= 4 is 27.1 Å². The number of carbonyl (C=O) groups is 1. The molecule has 0 radical (unpaired) electrons. The van der Waals surface area contributed by atoms with Crippen molar-refractivity contribution in [3.05, 3.63) is 31.9 Å². The molecule has 0 saturated carbocycles. The Hall–Kier alpha value is -0.780. The number of nitrogens with one attached hydrogen (secondary N) is 1. The minimum atomic E-state index is -1.35. The molecule has 0 aliphatic rings. The van der Waals surface area contributed by atoms with Crippen LogP contribution in [-0.4, -0.2) is 12.5 Å². The molecule has 184 valence electrons. The lowest BCUT2D eigenvalue weighted by Gasteiger charge is -2.13. The van der Waals surface area contributed by atoms with Crippen molar-refractivity contribution in [1.29, 1.82) is 0 Å². The van der Waals surface area contributed by atoms with E-state index in [0.717, 1.165) is 26.7 Å². The SMILES string of the molecule is CCCCCCCCCCCCCCCCCCNC(=O)c1c(C)c(C)cc(C)c1I=O. The van der Waals surface area contributed by atoms with E-state index < -0.39 is 21.2 Å². The molecule has 0 aliphatic carbocycles. The number of rotatable bonds is 19. The molecule has 0 heterocycles. The molecule has 1 N–H and O–H groups in total. The Kier molecular flexibility index (Phi) is 17.0. The van der Waals surface area contributed by atoms with Crippen LogP contribution in [0.4, 0.5) is 0 Å². The maximum Gasteiger partial charge on any atom is 0.252 e. The Labute approximate surface area is 208 Å². The van der Waals surface area contributed by atoms with Gasteiger partial charge >= 0.3 is 0 Å². The standard InChI is InChI=1S/C28H48INO2/c1-5-6-7-8-9-10-11-12-13-14-15-16-17-18-19-20-21-30-28(31)26-25(4)23(2)22-24(3)27(26)29-32/h22H,5-21H2,1-4H3,(H,30,31). The summed E-state index contributed by atoms with van der Waals surface area (Å²) >= 11 is -1.35. The predicted octanol–water partition coefficient (Wildman–Crippen LogP) is 9.09. The molecule has 0 bridgehead atoms. The van der Waals surface area contributed by atoms with Gasteiger partial charge in [0.2, 0.25) is 0 Å². The normalized spacial score (nSPS) is 11.1. The monoisotopic (exact) mass is 557 g/mol. The van der Waals surface area contributed by atoms with E-state index in [2.05, 4.69) is 12.2 Å². The number of amides is 1. The van der Waals surface area contributed by atoms with Crippen molar-refractivity contribution in [3.8, 4) is 0 Å². The van der Waals surface area contributed by atoms with E-state index in [0.29, 0.717) is 12.1 Å². The van der Waals surface area contributed by atoms with Gasteiger partial charge in [-0.1, -0.05) is 109 Å². The fourth-order valence-corrected chi connectivity index (χ4v) is 5.76. The average Bonchev–Trinajstić information content (AvgIpc) is 2.77. The van der Waals surface area contributed by atoms with Crippen LogP contribution in [0.15, 0.2) is 6.07 Å². The van der Waals surface area contributed by atoms with Crippen molar-refractivity contribution < 1.29 is 7.86 Å². The molecule has 32 heavy (non-hydrogen) atoms. The second-order valence-electron chi connectivity index (χ2n) is 9.46. The first-order valence-electron chi connectivity index (χ1n) is 13.2. The zero-order valence-electron chi connectivity index (χ0n) is 21.3. The van der Waals surface area contributed by atoms with Gasteiger partial charge in [-0.25, -0.2) is 0 Å². The Morgan fingerprint density at radius 3 is 1.59 bits per heavy atom. The second-order valence-corrected chi connectivity index (χ2v) is 11.0. The summed E-state index contributed by atoms with van der Waals surface area (Å²) in [6, 6.07) is 2.04. The van der Waals surface area contributed by atoms with Gasteiger partial charge in [0.15, 0.2) is 21.2 Å². The first-order valence-corrected chi connectivity index (χ1v) is 15.1. The van der Waals surface area contributed by atoms with E-state index >= 15 is 0 Å². The third-order valence-electron chi connectivity index (χ3n) is 6.59. The van der Waals surface area contributed by atoms with Gasteiger partial charge in [0, 0.05) is 6.54 Å². The highest BCUT2D eigenvalue weighted by atomic mass is 127. The lowest BCUT2D eigenvalue weighted by atomic mass is 9.99. The fraction of sp³-hybridized carbons (Fsp3) is 0.750. The van der Waals surface area contributed by atoms with Gasteiger partial charge in [0.1, 0.15) is 0 Å². The summed E-state index contributed by atoms with van der Waals surface area (Å²) < 4.78 is 12.5. The van der Waals surface area contributed by atoms with Gasteiger partial charge in [0.05, 0.1) is 9.13 Å². The summed E-state index contributed by atoms with van der Waals surface area (Å²) in [7, 11) is 0. The van der Waals surface area contributed by atoms with Gasteiger partial charge in [-0.3, -0.25) is 7.86 Å². The first kappa shape index (κ1) is 29.3. The number of carbonyl (C=O) groups excluding carboxylic acids is 1. The summed E-state index contributed by atoms with van der Waals surface area (Å²) in [6.07, 6.45) is 21.6. The van der Waals surface area contributed by atoms with Crippen LogP contribution in [0.3, 0.4) is 0 Å². The van der Waals surface area contributed by atoms with Crippen LogP contribution in [0, 0.1) is 24.3 Å². The van der Waals surface area contributed by atoms with Gasteiger partial charge in [-0.05, 0) is 43.9 Å². The number of hydrogen-bond donors (Lipinski definition) is 1. The van der Waals surface area contributed by atoms with Gasteiger partial charge in [-0.2, -0.15) is 0 Å². The van der Waals surface area contributed by atoms with Gasteiger partial charge in [-0.15, -0.1) is 0 Å². The summed E-state index contributed by atoms with van der Waals surface area (Å²) in [5, 5.41) is 3.06. The van der Waals surface area contributed by atoms with Crippen LogP contribution in [0.2, 0.25) is 0 Å². The first-order chi connectivity index (χ1) is 15.5. The van der Waals surface area contributed by atoms with Crippen molar-refractivity contribution in [3.63, 3.8) is 0 Å². The summed E-state index contributed by atoms with van der Waals surface area (Å²) in [5.41, 5.74) is 3.69. The number of hydrogen-bond acceptors (Lipinski definition) is 2. The van der Waals surface area contributed by atoms with Crippen LogP contribution in [0.5, 0.6) is 0 Å². The van der Waals surface area contributed by atoms with Crippen LogP contribution >= 0.6 is 21.2 Å². The minimum absolute atomic E-state index is 0.0548. The highest BCUT2D eigenvalue weighted by Crippen LogP contribution is 2.26. The van der Waals surface area contributed by atoms with Crippen molar-refractivity contribution in [1.82, 2.24) is 5.32 Å². The van der Waals surface area contributed by atoms with E-state index in [9.17, 15) is 7.86 Å². The molecule has 0 saturated heterocycles. The number of aryl methyl sites for hydroxylation is 2. The average molecular weight is 558 g/mol. The van der Waals surface area contributed by atoms with E-state index in [1.54, 1.807) is 0 Å². The Morgan fingerprint density at radius 1 is 0.719 bits per heavy atom. The quantitative estimate of drug-likeness (QED) is 0.136. The molecule has 0 aliphatic heterocycles. The Bertz CT molecular complexity index is 672. The van der Waals surface area contributed by atoms with Gasteiger partial charge < -0.3 is 5.32 Å². The van der Waals surface area contributed by atoms with Crippen LogP contribution < -0.4 is 5.32 Å².